The Morgan fingerprint density at radius 2 is 2.00 bits per heavy atom. The molecule has 2 aromatic rings. The second kappa shape index (κ2) is 4.55. The van der Waals surface area contributed by atoms with Crippen molar-refractivity contribution in [3.05, 3.63) is 59.0 Å². The average Bonchev–Trinajstić information content (AvgIpc) is 3.03. The number of hydrogen-bond donors (Lipinski definition) is 1. The van der Waals surface area contributed by atoms with E-state index in [9.17, 15) is 0 Å². The number of furan rings is 1. The van der Waals surface area contributed by atoms with Crippen LogP contribution in [0.25, 0.3) is 0 Å². The molecule has 2 nitrogen and oxygen atoms in total. The maximum atomic E-state index is 5.72. The van der Waals surface area contributed by atoms with Gasteiger partial charge in [0.25, 0.3) is 0 Å². The van der Waals surface area contributed by atoms with Crippen molar-refractivity contribution < 1.29 is 4.42 Å². The summed E-state index contributed by atoms with van der Waals surface area (Å²) >= 11 is 5.72. The van der Waals surface area contributed by atoms with Crippen molar-refractivity contribution in [2.24, 2.45) is 0 Å². The van der Waals surface area contributed by atoms with Gasteiger partial charge < -0.3 is 9.73 Å². The molecule has 88 valence electrons. The van der Waals surface area contributed by atoms with Gasteiger partial charge in [0.15, 0.2) is 5.22 Å². The Labute approximate surface area is 106 Å². The van der Waals surface area contributed by atoms with Crippen molar-refractivity contribution in [2.45, 2.75) is 24.9 Å². The van der Waals surface area contributed by atoms with Crippen LogP contribution in [0.15, 0.2) is 46.9 Å². The zero-order valence-electron chi connectivity index (χ0n) is 9.40. The summed E-state index contributed by atoms with van der Waals surface area (Å²) in [4.78, 5) is 0. The lowest BCUT2D eigenvalue weighted by atomic mass is 10.1. The van der Waals surface area contributed by atoms with Crippen LogP contribution < -0.4 is 5.32 Å². The first-order chi connectivity index (χ1) is 8.33. The Morgan fingerprint density at radius 1 is 1.18 bits per heavy atom. The molecule has 2 unspecified atom stereocenters. The predicted molar refractivity (Wildman–Crippen MR) is 68.1 cm³/mol. The molecule has 0 spiro atoms. The zero-order chi connectivity index (χ0) is 11.7. The first-order valence-electron chi connectivity index (χ1n) is 5.85. The van der Waals surface area contributed by atoms with Gasteiger partial charge in [-0.15, -0.1) is 0 Å². The van der Waals surface area contributed by atoms with Crippen LogP contribution in [0.3, 0.4) is 0 Å². The van der Waals surface area contributed by atoms with Crippen LogP contribution in [0.2, 0.25) is 5.22 Å². The lowest BCUT2D eigenvalue weighted by Crippen LogP contribution is -2.16. The Kier molecular flexibility index (Phi) is 2.91. The van der Waals surface area contributed by atoms with E-state index in [-0.39, 0.29) is 0 Å². The van der Waals surface area contributed by atoms with Gasteiger partial charge >= 0.3 is 0 Å². The first kappa shape index (κ1) is 10.9. The zero-order valence-corrected chi connectivity index (χ0v) is 10.2. The summed E-state index contributed by atoms with van der Waals surface area (Å²) in [7, 11) is 0. The minimum atomic E-state index is 0.456. The predicted octanol–water partition coefficient (Wildman–Crippen LogP) is 3.58. The van der Waals surface area contributed by atoms with Crippen LogP contribution >= 0.6 is 11.6 Å². The van der Waals surface area contributed by atoms with Crippen LogP contribution in [0.5, 0.6) is 0 Å². The Morgan fingerprint density at radius 3 is 2.71 bits per heavy atom. The van der Waals surface area contributed by atoms with Crippen LogP contribution in [0, 0.1) is 0 Å². The lowest BCUT2D eigenvalue weighted by molar-refractivity contribution is 0.482. The molecule has 0 aliphatic heterocycles. The highest BCUT2D eigenvalue weighted by Crippen LogP contribution is 2.40. The van der Waals surface area contributed by atoms with Crippen LogP contribution in [0.4, 0.5) is 0 Å². The minimum absolute atomic E-state index is 0.456. The highest BCUT2D eigenvalue weighted by Gasteiger charge is 2.37. The summed E-state index contributed by atoms with van der Waals surface area (Å²) in [5.74, 6) is 1.55. The van der Waals surface area contributed by atoms with Crippen LogP contribution in [-0.2, 0) is 6.54 Å². The quantitative estimate of drug-likeness (QED) is 0.894. The third kappa shape index (κ3) is 2.54. The van der Waals surface area contributed by atoms with Gasteiger partial charge in [0.05, 0.1) is 6.54 Å². The maximum Gasteiger partial charge on any atom is 0.193 e. The molecule has 0 saturated heterocycles. The molecule has 1 saturated carbocycles. The molecular weight excluding hydrogens is 234 g/mol. The molecule has 1 heterocycles. The van der Waals surface area contributed by atoms with Gasteiger partial charge in [-0.2, -0.15) is 0 Å². The normalized spacial score (nSPS) is 22.6. The number of benzene rings is 1. The van der Waals surface area contributed by atoms with Crippen molar-refractivity contribution in [1.29, 1.82) is 0 Å². The third-order valence-electron chi connectivity index (χ3n) is 3.19. The monoisotopic (exact) mass is 247 g/mol. The summed E-state index contributed by atoms with van der Waals surface area (Å²) < 4.78 is 5.31. The molecule has 3 heteroatoms. The molecule has 2 atom stereocenters. The van der Waals surface area contributed by atoms with E-state index in [0.717, 1.165) is 12.3 Å². The minimum Gasteiger partial charge on any atom is -0.448 e. The van der Waals surface area contributed by atoms with Crippen molar-refractivity contribution in [2.75, 3.05) is 0 Å². The molecule has 1 fully saturated rings. The molecule has 3 rings (SSSR count). The fraction of sp³-hybridized carbons (Fsp3) is 0.286. The average molecular weight is 248 g/mol. The summed E-state index contributed by atoms with van der Waals surface area (Å²) in [6.45, 7) is 0.751. The van der Waals surface area contributed by atoms with Gasteiger partial charge in [0.2, 0.25) is 0 Å². The van der Waals surface area contributed by atoms with Crippen LogP contribution in [-0.4, -0.2) is 6.04 Å². The number of rotatable bonds is 4. The highest BCUT2D eigenvalue weighted by molar-refractivity contribution is 6.28. The molecule has 1 aliphatic carbocycles. The van der Waals surface area contributed by atoms with Gasteiger partial charge in [-0.25, -0.2) is 0 Å². The van der Waals surface area contributed by atoms with E-state index in [0.29, 0.717) is 17.2 Å². The third-order valence-corrected chi connectivity index (χ3v) is 3.39. The lowest BCUT2D eigenvalue weighted by Gasteiger charge is -2.02. The maximum absolute atomic E-state index is 5.72. The van der Waals surface area contributed by atoms with Gasteiger partial charge in [-0.1, -0.05) is 30.3 Å². The molecule has 1 aliphatic rings. The molecular formula is C14H14ClNO. The van der Waals surface area contributed by atoms with Crippen molar-refractivity contribution >= 4 is 11.6 Å². The van der Waals surface area contributed by atoms with Gasteiger partial charge in [-0.3, -0.25) is 0 Å². The molecule has 1 N–H and O–H groups in total. The molecule has 0 radical (unpaired) electrons. The molecule has 1 aromatic heterocycles. The standard InChI is InChI=1S/C14H14ClNO/c15-14-7-6-11(17-14)9-16-13-8-12(13)10-4-2-1-3-5-10/h1-7,12-13,16H,8-9H2. The topological polar surface area (TPSA) is 25.2 Å². The number of hydrogen-bond acceptors (Lipinski definition) is 2. The van der Waals surface area contributed by atoms with E-state index >= 15 is 0 Å². The van der Waals surface area contributed by atoms with E-state index in [1.54, 1.807) is 6.07 Å². The van der Waals surface area contributed by atoms with Crippen molar-refractivity contribution in [1.82, 2.24) is 5.32 Å². The largest absolute Gasteiger partial charge is 0.448 e. The van der Waals surface area contributed by atoms with E-state index in [2.05, 4.69) is 35.6 Å². The van der Waals surface area contributed by atoms with E-state index in [1.165, 1.54) is 12.0 Å². The molecule has 1 aromatic carbocycles. The van der Waals surface area contributed by atoms with Gasteiger partial charge in [0, 0.05) is 12.0 Å². The second-order valence-corrected chi connectivity index (χ2v) is 4.82. The first-order valence-corrected chi connectivity index (χ1v) is 6.23. The summed E-state index contributed by atoms with van der Waals surface area (Å²) in [6, 6.07) is 14.9. The summed E-state index contributed by atoms with van der Waals surface area (Å²) in [5.41, 5.74) is 1.42. The van der Waals surface area contributed by atoms with E-state index in [4.69, 9.17) is 16.0 Å². The van der Waals surface area contributed by atoms with Gasteiger partial charge in [0.1, 0.15) is 5.76 Å². The SMILES string of the molecule is Clc1ccc(CNC2CC2c2ccccc2)o1. The smallest absolute Gasteiger partial charge is 0.193 e. The van der Waals surface area contributed by atoms with Gasteiger partial charge in [-0.05, 0) is 35.7 Å². The van der Waals surface area contributed by atoms with Crippen molar-refractivity contribution in [3.8, 4) is 0 Å². The highest BCUT2D eigenvalue weighted by atomic mass is 35.5. The second-order valence-electron chi connectivity index (χ2n) is 4.45. The Hall–Kier alpha value is -1.25. The number of nitrogens with one attached hydrogen (secondary N) is 1. The number of halogens is 1. The van der Waals surface area contributed by atoms with Crippen LogP contribution in [0.1, 0.15) is 23.7 Å². The fourth-order valence-corrected chi connectivity index (χ4v) is 2.33. The van der Waals surface area contributed by atoms with E-state index in [1.807, 2.05) is 6.07 Å². The Bertz CT molecular complexity index is 494. The molecule has 17 heavy (non-hydrogen) atoms. The van der Waals surface area contributed by atoms with Crippen molar-refractivity contribution in [3.63, 3.8) is 0 Å². The molecule has 0 amide bonds. The molecule has 0 bridgehead atoms. The summed E-state index contributed by atoms with van der Waals surface area (Å²) in [5, 5.41) is 3.94. The Balaban J connectivity index is 1.53. The fourth-order valence-electron chi connectivity index (χ4n) is 2.17. The van der Waals surface area contributed by atoms with E-state index < -0.39 is 0 Å². The summed E-state index contributed by atoms with van der Waals surface area (Å²) in [6.07, 6.45) is 1.21.